The molecule has 6 rings (SSSR count). The van der Waals surface area contributed by atoms with Gasteiger partial charge in [-0.2, -0.15) is 10.2 Å². The minimum absolute atomic E-state index is 0.0680. The Morgan fingerprint density at radius 1 is 1.06 bits per heavy atom. The van der Waals surface area contributed by atoms with Crippen LogP contribution in [0.4, 0.5) is 4.39 Å². The smallest absolute Gasteiger partial charge is 0.272 e. The number of fused-ring (bicyclic) bond motifs is 1. The maximum atomic E-state index is 14.6. The van der Waals surface area contributed by atoms with Crippen molar-refractivity contribution >= 4 is 16.7 Å². The average Bonchev–Trinajstić information content (AvgIpc) is 3.22. The van der Waals surface area contributed by atoms with Crippen LogP contribution in [0.1, 0.15) is 33.3 Å². The van der Waals surface area contributed by atoms with Gasteiger partial charge in [0.1, 0.15) is 11.6 Å². The molecule has 0 unspecified atom stereocenters. The van der Waals surface area contributed by atoms with E-state index in [2.05, 4.69) is 30.3 Å². The average molecular weight is 474 g/mol. The second kappa shape index (κ2) is 8.09. The highest BCUT2D eigenvalue weighted by molar-refractivity contribution is 5.95. The normalized spacial score (nSPS) is 16.9. The molecule has 0 saturated carbocycles. The number of nitrogens with zero attached hydrogens (tertiary/aromatic N) is 5. The standard InChI is InChI=1S/C25H24FN7O2/c1-15-27-22(30-28-15)10-32-11-25(12-32)13-33(14-25)24(35)19-8-16(6-7-20(19)26)9-21-17-4-2-3-5-18(17)23(34)31-29-21/h2-8H,9-14H2,1H3,(H,31,34)(H,27,28,30). The predicted octanol–water partition coefficient (Wildman–Crippen LogP) is 2.04. The second-order valence-corrected chi connectivity index (χ2v) is 9.68. The molecule has 2 N–H and O–H groups in total. The van der Waals surface area contributed by atoms with Crippen LogP contribution >= 0.6 is 0 Å². The minimum Gasteiger partial charge on any atom is -0.337 e. The van der Waals surface area contributed by atoms with Crippen molar-refractivity contribution in [3.63, 3.8) is 0 Å². The zero-order chi connectivity index (χ0) is 24.2. The molecular formula is C25H24FN7O2. The van der Waals surface area contributed by atoms with Crippen LogP contribution in [0.25, 0.3) is 10.8 Å². The van der Waals surface area contributed by atoms with E-state index >= 15 is 0 Å². The molecule has 2 aromatic heterocycles. The Hall–Kier alpha value is -3.92. The Kier molecular flexibility index (Phi) is 4.99. The van der Waals surface area contributed by atoms with E-state index in [1.54, 1.807) is 29.2 Å². The van der Waals surface area contributed by atoms with Gasteiger partial charge < -0.3 is 4.90 Å². The summed E-state index contributed by atoms with van der Waals surface area (Å²) in [6, 6.07) is 11.8. The number of H-pyrrole nitrogens is 2. The summed E-state index contributed by atoms with van der Waals surface area (Å²) in [6.07, 6.45) is 0.372. The van der Waals surface area contributed by atoms with E-state index in [4.69, 9.17) is 0 Å². The van der Waals surface area contributed by atoms with Crippen molar-refractivity contribution in [3.8, 4) is 0 Å². The summed E-state index contributed by atoms with van der Waals surface area (Å²) in [5.41, 5.74) is 1.32. The van der Waals surface area contributed by atoms with Crippen LogP contribution in [0.3, 0.4) is 0 Å². The van der Waals surface area contributed by atoms with Crippen molar-refractivity contribution in [1.82, 2.24) is 35.2 Å². The van der Waals surface area contributed by atoms with E-state index in [0.717, 1.165) is 35.7 Å². The summed E-state index contributed by atoms with van der Waals surface area (Å²) in [4.78, 5) is 33.5. The summed E-state index contributed by atoms with van der Waals surface area (Å²) in [6.45, 7) is 5.53. The largest absolute Gasteiger partial charge is 0.337 e. The third-order valence-electron chi connectivity index (χ3n) is 6.87. The highest BCUT2D eigenvalue weighted by Crippen LogP contribution is 2.40. The van der Waals surface area contributed by atoms with Gasteiger partial charge in [0.05, 0.1) is 23.2 Å². The van der Waals surface area contributed by atoms with Crippen molar-refractivity contribution < 1.29 is 9.18 Å². The molecule has 0 bridgehead atoms. The van der Waals surface area contributed by atoms with Crippen LogP contribution < -0.4 is 5.56 Å². The van der Waals surface area contributed by atoms with Crippen LogP contribution in [-0.2, 0) is 13.0 Å². The van der Waals surface area contributed by atoms with Crippen LogP contribution in [0.5, 0.6) is 0 Å². The lowest BCUT2D eigenvalue weighted by Crippen LogP contribution is -2.72. The first-order valence-electron chi connectivity index (χ1n) is 11.5. The monoisotopic (exact) mass is 473 g/mol. The Morgan fingerprint density at radius 2 is 1.83 bits per heavy atom. The quantitative estimate of drug-likeness (QED) is 0.459. The number of amides is 1. The number of benzene rings is 2. The molecule has 2 aromatic carbocycles. The maximum absolute atomic E-state index is 14.6. The number of carbonyl (C=O) groups excluding carboxylic acids is 1. The summed E-state index contributed by atoms with van der Waals surface area (Å²) < 4.78 is 14.6. The molecule has 178 valence electrons. The van der Waals surface area contributed by atoms with Gasteiger partial charge in [-0.1, -0.05) is 24.3 Å². The molecule has 1 spiro atoms. The number of nitrogens with one attached hydrogen (secondary N) is 2. The lowest BCUT2D eigenvalue weighted by atomic mass is 9.72. The molecule has 2 fully saturated rings. The van der Waals surface area contributed by atoms with Crippen molar-refractivity contribution in [1.29, 1.82) is 0 Å². The third-order valence-corrected chi connectivity index (χ3v) is 6.87. The Bertz CT molecular complexity index is 1500. The summed E-state index contributed by atoms with van der Waals surface area (Å²) in [5.74, 6) is 0.740. The summed E-state index contributed by atoms with van der Waals surface area (Å²) in [7, 11) is 0. The highest BCUT2D eigenvalue weighted by atomic mass is 19.1. The van der Waals surface area contributed by atoms with Crippen LogP contribution in [0.2, 0.25) is 0 Å². The van der Waals surface area contributed by atoms with Crippen molar-refractivity contribution in [2.24, 2.45) is 5.41 Å². The number of carbonyl (C=O) groups is 1. The fourth-order valence-electron chi connectivity index (χ4n) is 5.30. The summed E-state index contributed by atoms with van der Waals surface area (Å²) >= 11 is 0. The van der Waals surface area contributed by atoms with E-state index in [-0.39, 0.29) is 22.4 Å². The van der Waals surface area contributed by atoms with Gasteiger partial charge in [0.15, 0.2) is 5.82 Å². The highest BCUT2D eigenvalue weighted by Gasteiger charge is 2.53. The summed E-state index contributed by atoms with van der Waals surface area (Å²) in [5, 5.41) is 15.0. The van der Waals surface area contributed by atoms with Crippen molar-refractivity contribution in [2.45, 2.75) is 19.9 Å². The van der Waals surface area contributed by atoms with Crippen molar-refractivity contribution in [2.75, 3.05) is 26.2 Å². The topological polar surface area (TPSA) is 111 Å². The SMILES string of the molecule is Cc1nc(CN2CC3(C2)CN(C(=O)c2cc(Cc4n[nH]c(=O)c5ccccc45)ccc2F)C3)n[nH]1. The van der Waals surface area contributed by atoms with E-state index in [0.29, 0.717) is 37.1 Å². The first-order valence-corrected chi connectivity index (χ1v) is 11.5. The van der Waals surface area contributed by atoms with E-state index < -0.39 is 5.82 Å². The molecule has 10 heteroatoms. The van der Waals surface area contributed by atoms with Crippen LogP contribution in [0, 0.1) is 18.2 Å². The predicted molar refractivity (Wildman–Crippen MR) is 126 cm³/mol. The van der Waals surface area contributed by atoms with E-state index in [9.17, 15) is 14.0 Å². The zero-order valence-corrected chi connectivity index (χ0v) is 19.2. The van der Waals surface area contributed by atoms with Gasteiger partial charge in [-0.05, 0) is 30.7 Å². The van der Waals surface area contributed by atoms with Gasteiger partial charge in [-0.25, -0.2) is 14.5 Å². The Labute approximate surface area is 200 Å². The molecule has 2 saturated heterocycles. The number of aromatic amines is 2. The van der Waals surface area contributed by atoms with Gasteiger partial charge in [0.2, 0.25) is 0 Å². The van der Waals surface area contributed by atoms with Gasteiger partial charge in [0.25, 0.3) is 11.5 Å². The molecular weight excluding hydrogens is 449 g/mol. The van der Waals surface area contributed by atoms with Gasteiger partial charge >= 0.3 is 0 Å². The Morgan fingerprint density at radius 3 is 2.57 bits per heavy atom. The number of halogens is 1. The van der Waals surface area contributed by atoms with Gasteiger partial charge in [-0.15, -0.1) is 0 Å². The first-order chi connectivity index (χ1) is 16.9. The molecule has 0 atom stereocenters. The maximum Gasteiger partial charge on any atom is 0.272 e. The van der Waals surface area contributed by atoms with E-state index in [1.165, 1.54) is 6.07 Å². The first kappa shape index (κ1) is 21.6. The fourth-order valence-corrected chi connectivity index (χ4v) is 5.30. The number of hydrogen-bond acceptors (Lipinski definition) is 6. The minimum atomic E-state index is -0.533. The number of hydrogen-bond donors (Lipinski definition) is 2. The molecule has 2 aliphatic heterocycles. The fraction of sp³-hybridized carbons (Fsp3) is 0.320. The molecule has 0 radical (unpaired) electrons. The molecule has 1 amide bonds. The third kappa shape index (κ3) is 3.89. The number of aromatic nitrogens is 5. The Balaban J connectivity index is 1.13. The molecule has 4 heterocycles. The van der Waals surface area contributed by atoms with Crippen LogP contribution in [-0.4, -0.2) is 67.3 Å². The lowest BCUT2D eigenvalue weighted by Gasteiger charge is -2.60. The molecule has 0 aliphatic carbocycles. The number of likely N-dealkylation sites (tertiary alicyclic amines) is 2. The molecule has 35 heavy (non-hydrogen) atoms. The van der Waals surface area contributed by atoms with Crippen molar-refractivity contribution in [3.05, 3.63) is 87.1 Å². The van der Waals surface area contributed by atoms with Gasteiger partial charge in [-0.3, -0.25) is 19.6 Å². The zero-order valence-electron chi connectivity index (χ0n) is 19.2. The van der Waals surface area contributed by atoms with E-state index in [1.807, 2.05) is 19.1 Å². The number of aryl methyl sites for hydroxylation is 1. The molecule has 2 aliphatic rings. The molecule has 9 nitrogen and oxygen atoms in total. The second-order valence-electron chi connectivity index (χ2n) is 9.68. The van der Waals surface area contributed by atoms with Crippen LogP contribution in [0.15, 0.2) is 47.3 Å². The lowest BCUT2D eigenvalue weighted by molar-refractivity contribution is -0.102. The van der Waals surface area contributed by atoms with Gasteiger partial charge in [0, 0.05) is 43.4 Å². The molecule has 4 aromatic rings. The number of rotatable bonds is 5.